The van der Waals surface area contributed by atoms with Crippen LogP contribution in [-0.4, -0.2) is 46.6 Å². The van der Waals surface area contributed by atoms with Crippen molar-refractivity contribution in [1.82, 2.24) is 0 Å². The lowest BCUT2D eigenvalue weighted by Gasteiger charge is -2.28. The molecule has 0 bridgehead atoms. The second-order valence-corrected chi connectivity index (χ2v) is 8.30. The summed E-state index contributed by atoms with van der Waals surface area (Å²) in [6.07, 6.45) is 6.43. The number of rotatable bonds is 10. The molecule has 1 aromatic rings. The molecule has 0 N–H and O–H groups in total. The fourth-order valence-corrected chi connectivity index (χ4v) is 2.99. The van der Waals surface area contributed by atoms with E-state index in [1.807, 2.05) is 38.7 Å². The Morgan fingerprint density at radius 1 is 1.08 bits per heavy atom. The lowest BCUT2D eigenvalue weighted by Crippen LogP contribution is -2.25. The first kappa shape index (κ1) is 27.1. The van der Waals surface area contributed by atoms with Gasteiger partial charge in [-0.05, 0) is 31.7 Å². The summed E-state index contributed by atoms with van der Waals surface area (Å²) in [5, 5.41) is 0. The van der Waals surface area contributed by atoms with E-state index in [1.54, 1.807) is 7.05 Å². The first-order chi connectivity index (χ1) is 12.4. The molecule has 0 aliphatic heterocycles. The van der Waals surface area contributed by atoms with E-state index in [1.165, 1.54) is 5.69 Å². The van der Waals surface area contributed by atoms with Crippen LogP contribution in [0.4, 0.5) is 5.69 Å². The van der Waals surface area contributed by atoms with Crippen LogP contribution < -0.4 is 4.90 Å². The molecule has 4 nitrogen and oxygen atoms in total. The van der Waals surface area contributed by atoms with Crippen molar-refractivity contribution < 1.29 is 9.05 Å². The largest absolute Gasteiger partial charge is 0.349 e. The van der Waals surface area contributed by atoms with E-state index in [0.29, 0.717) is 12.6 Å². The quantitative estimate of drug-likeness (QED) is 0.274. The molecule has 0 heterocycles. The van der Waals surface area contributed by atoms with Crippen LogP contribution in [0.15, 0.2) is 35.3 Å². The fraction of sp³-hybridized carbons (Fsp3) is 0.619. The summed E-state index contributed by atoms with van der Waals surface area (Å²) in [5.41, 5.74) is 1.17. The maximum Gasteiger partial charge on any atom is 0.125 e. The minimum absolute atomic E-state index is 0.525. The van der Waals surface area contributed by atoms with Gasteiger partial charge in [0, 0.05) is 25.9 Å². The van der Waals surface area contributed by atoms with Gasteiger partial charge in [0.05, 0.1) is 6.61 Å². The molecule has 1 unspecified atom stereocenters. The molecule has 26 heavy (non-hydrogen) atoms. The Balaban J connectivity index is 0. The molecule has 0 fully saturated rings. The molecule has 5 heteroatoms. The van der Waals surface area contributed by atoms with Gasteiger partial charge in [0.1, 0.15) is 14.1 Å². The van der Waals surface area contributed by atoms with Crippen molar-refractivity contribution in [2.24, 2.45) is 10.9 Å². The number of hydrogen-bond acceptors (Lipinski definition) is 4. The molecule has 1 atom stereocenters. The second kappa shape index (κ2) is 17.3. The van der Waals surface area contributed by atoms with Crippen molar-refractivity contribution >= 4 is 26.0 Å². The standard InChI is InChI=1S/C17H30NO2P.C2H5N.C2H6/c1-6-16(7-2)14-19-21(4,5)20-15-18(8-3)17-12-10-9-11-13-17;1-3-2;1-2/h9-13,16H,4,6-8,14-15H2,1-3,5H3;1H2,2H3;1-2H3. The third-order valence-electron chi connectivity index (χ3n) is 3.73. The number of hydrogen-bond donors (Lipinski definition) is 0. The Hall–Kier alpha value is -1.09. The van der Waals surface area contributed by atoms with Crippen LogP contribution in [0.25, 0.3) is 0 Å². The Bertz CT molecular complexity index is 476. The average Bonchev–Trinajstić information content (AvgIpc) is 2.66. The average molecular weight is 385 g/mol. The summed E-state index contributed by atoms with van der Waals surface area (Å²) in [4.78, 5) is 5.43. The first-order valence-electron chi connectivity index (χ1n) is 9.58. The summed E-state index contributed by atoms with van der Waals surface area (Å²) in [6.45, 7) is 17.8. The molecule has 152 valence electrons. The molecule has 0 aliphatic carbocycles. The van der Waals surface area contributed by atoms with Crippen molar-refractivity contribution in [2.75, 3.05) is 38.5 Å². The number of aliphatic imine (C=N–C) groups is 1. The minimum Gasteiger partial charge on any atom is -0.349 e. The van der Waals surface area contributed by atoms with Crippen molar-refractivity contribution in [3.8, 4) is 0 Å². The summed E-state index contributed by atoms with van der Waals surface area (Å²) < 4.78 is 11.9. The van der Waals surface area contributed by atoms with Gasteiger partial charge in [-0.3, -0.25) is 0 Å². The van der Waals surface area contributed by atoms with Gasteiger partial charge in [0.25, 0.3) is 0 Å². The zero-order valence-electron chi connectivity index (χ0n) is 18.1. The molecule has 0 aromatic heterocycles. The maximum absolute atomic E-state index is 5.98. The first-order valence-corrected chi connectivity index (χ1v) is 11.8. The molecule has 0 saturated carbocycles. The van der Waals surface area contributed by atoms with E-state index in [4.69, 9.17) is 9.05 Å². The number of benzene rings is 1. The van der Waals surface area contributed by atoms with Gasteiger partial charge in [-0.25, -0.2) is 0 Å². The van der Waals surface area contributed by atoms with Crippen LogP contribution in [0, 0.1) is 5.92 Å². The lowest BCUT2D eigenvalue weighted by atomic mass is 10.1. The van der Waals surface area contributed by atoms with E-state index in [9.17, 15) is 0 Å². The Morgan fingerprint density at radius 3 is 2.00 bits per heavy atom. The molecule has 0 aliphatic rings. The number of nitrogens with zero attached hydrogens (tertiary/aromatic N) is 2. The lowest BCUT2D eigenvalue weighted by molar-refractivity contribution is 0.209. The van der Waals surface area contributed by atoms with E-state index in [0.717, 1.165) is 26.0 Å². The van der Waals surface area contributed by atoms with E-state index < -0.39 is 7.34 Å². The van der Waals surface area contributed by atoms with Gasteiger partial charge < -0.3 is 18.9 Å². The zero-order valence-corrected chi connectivity index (χ0v) is 19.0. The summed E-state index contributed by atoms with van der Waals surface area (Å²) >= 11 is 0. The Kier molecular flexibility index (Phi) is 18.1. The van der Waals surface area contributed by atoms with E-state index in [2.05, 4.69) is 55.8 Å². The normalized spacial score (nSPS) is 12.2. The van der Waals surface area contributed by atoms with Crippen LogP contribution in [0.2, 0.25) is 0 Å². The molecule has 1 aromatic carbocycles. The SMILES string of the molecule is C=NC.C=P(C)(OCC(CC)CC)OCN(CC)c1ccccc1.CC. The summed E-state index contributed by atoms with van der Waals surface area (Å²) in [6, 6.07) is 10.3. The second-order valence-electron chi connectivity index (χ2n) is 5.76. The smallest absolute Gasteiger partial charge is 0.125 e. The van der Waals surface area contributed by atoms with Gasteiger partial charge in [-0.2, -0.15) is 0 Å². The molecule has 1 rings (SSSR count). The maximum atomic E-state index is 5.98. The fourth-order valence-electron chi connectivity index (χ4n) is 2.00. The van der Waals surface area contributed by atoms with Crippen LogP contribution in [0.1, 0.15) is 47.5 Å². The zero-order chi connectivity index (χ0) is 20.4. The predicted molar refractivity (Wildman–Crippen MR) is 122 cm³/mol. The minimum atomic E-state index is -2.00. The Labute approximate surface area is 162 Å². The Morgan fingerprint density at radius 2 is 1.58 bits per heavy atom. The summed E-state index contributed by atoms with van der Waals surface area (Å²) in [5.74, 6) is 0.603. The van der Waals surface area contributed by atoms with Gasteiger partial charge in [0.15, 0.2) is 0 Å². The van der Waals surface area contributed by atoms with Gasteiger partial charge in [0.2, 0.25) is 0 Å². The van der Waals surface area contributed by atoms with Crippen LogP contribution in [0.3, 0.4) is 0 Å². The van der Waals surface area contributed by atoms with Gasteiger partial charge in [-0.15, -0.1) is 0 Å². The van der Waals surface area contributed by atoms with E-state index in [-0.39, 0.29) is 0 Å². The van der Waals surface area contributed by atoms with Crippen molar-refractivity contribution in [2.45, 2.75) is 47.5 Å². The highest BCUT2D eigenvalue weighted by molar-refractivity contribution is 7.63. The predicted octanol–water partition coefficient (Wildman–Crippen LogP) is 6.19. The van der Waals surface area contributed by atoms with Crippen LogP contribution in [0.5, 0.6) is 0 Å². The third-order valence-corrected chi connectivity index (χ3v) is 5.08. The van der Waals surface area contributed by atoms with Crippen molar-refractivity contribution in [1.29, 1.82) is 0 Å². The topological polar surface area (TPSA) is 34.1 Å². The molecular weight excluding hydrogens is 343 g/mol. The van der Waals surface area contributed by atoms with E-state index >= 15 is 0 Å². The highest BCUT2D eigenvalue weighted by atomic mass is 31.2. The molecular formula is C21H41N2O2P. The summed E-state index contributed by atoms with van der Waals surface area (Å²) in [7, 11) is -0.363. The molecule has 0 amide bonds. The molecule has 0 spiro atoms. The monoisotopic (exact) mass is 384 g/mol. The van der Waals surface area contributed by atoms with Gasteiger partial charge in [-0.1, -0.05) is 65.0 Å². The van der Waals surface area contributed by atoms with Crippen molar-refractivity contribution in [3.63, 3.8) is 0 Å². The van der Waals surface area contributed by atoms with Crippen LogP contribution >= 0.6 is 7.34 Å². The van der Waals surface area contributed by atoms with Crippen LogP contribution in [-0.2, 0) is 9.05 Å². The number of para-hydroxylation sites is 1. The molecule has 0 radical (unpaired) electrons. The van der Waals surface area contributed by atoms with Gasteiger partial charge >= 0.3 is 0 Å². The molecule has 0 saturated heterocycles. The third kappa shape index (κ3) is 13.2. The number of anilines is 1. The highest BCUT2D eigenvalue weighted by Gasteiger charge is 2.14. The highest BCUT2D eigenvalue weighted by Crippen LogP contribution is 2.44. The van der Waals surface area contributed by atoms with Crippen molar-refractivity contribution in [3.05, 3.63) is 30.3 Å².